The van der Waals surface area contributed by atoms with Crippen LogP contribution in [-0.2, 0) is 4.79 Å². The van der Waals surface area contributed by atoms with Crippen molar-refractivity contribution in [1.29, 1.82) is 0 Å². The number of ether oxygens (including phenoxy) is 1. The summed E-state index contributed by atoms with van der Waals surface area (Å²) in [7, 11) is 1.56. The summed E-state index contributed by atoms with van der Waals surface area (Å²) in [5, 5.41) is 11.1. The Morgan fingerprint density at radius 3 is 2.47 bits per heavy atom. The summed E-state index contributed by atoms with van der Waals surface area (Å²) >= 11 is 0. The molecule has 92 valence electrons. The summed E-state index contributed by atoms with van der Waals surface area (Å²) in [6.07, 6.45) is 0.486. The monoisotopic (exact) mass is 237 g/mol. The summed E-state index contributed by atoms with van der Waals surface area (Å²) in [5.41, 5.74) is 0.529. The number of carboxylic acids is 1. The van der Waals surface area contributed by atoms with Gasteiger partial charge in [0.05, 0.1) is 7.11 Å². The molecule has 0 aliphatic carbocycles. The molecule has 0 aliphatic rings. The number of carbonyl (C=O) groups is 2. The molecule has 0 atom stereocenters. The predicted molar refractivity (Wildman–Crippen MR) is 62.2 cm³/mol. The van der Waals surface area contributed by atoms with E-state index < -0.39 is 5.97 Å². The topological polar surface area (TPSA) is 75.6 Å². The number of aliphatic carboxylic acids is 1. The highest BCUT2D eigenvalue weighted by Crippen LogP contribution is 2.10. The molecule has 0 saturated carbocycles. The molecule has 1 aromatic rings. The molecule has 0 spiro atoms. The molecule has 2 N–H and O–H groups in total. The van der Waals surface area contributed by atoms with Crippen molar-refractivity contribution in [2.75, 3.05) is 13.7 Å². The fraction of sp³-hybridized carbons (Fsp3) is 0.333. The van der Waals surface area contributed by atoms with E-state index in [1.54, 1.807) is 31.4 Å². The Kier molecular flexibility index (Phi) is 5.00. The second-order valence-corrected chi connectivity index (χ2v) is 3.48. The Bertz CT molecular complexity index is 386. The quantitative estimate of drug-likeness (QED) is 0.731. The second kappa shape index (κ2) is 6.52. The molecule has 0 bridgehead atoms. The van der Waals surface area contributed by atoms with Crippen molar-refractivity contribution < 1.29 is 19.4 Å². The molecule has 5 nitrogen and oxygen atoms in total. The third-order valence-electron chi connectivity index (χ3n) is 2.21. The number of hydrogen-bond donors (Lipinski definition) is 2. The van der Waals surface area contributed by atoms with Gasteiger partial charge in [0.2, 0.25) is 0 Å². The first-order valence-electron chi connectivity index (χ1n) is 5.27. The van der Waals surface area contributed by atoms with Crippen molar-refractivity contribution >= 4 is 11.9 Å². The van der Waals surface area contributed by atoms with Crippen LogP contribution in [0.15, 0.2) is 24.3 Å². The number of amides is 1. The minimum Gasteiger partial charge on any atom is -0.497 e. The number of nitrogens with one attached hydrogen (secondary N) is 1. The molecule has 5 heteroatoms. The van der Waals surface area contributed by atoms with Crippen molar-refractivity contribution in [3.8, 4) is 5.75 Å². The highest BCUT2D eigenvalue weighted by atomic mass is 16.5. The fourth-order valence-electron chi connectivity index (χ4n) is 1.29. The zero-order valence-corrected chi connectivity index (χ0v) is 9.60. The van der Waals surface area contributed by atoms with Gasteiger partial charge in [-0.2, -0.15) is 0 Å². The largest absolute Gasteiger partial charge is 0.497 e. The van der Waals surface area contributed by atoms with Gasteiger partial charge < -0.3 is 15.2 Å². The number of methoxy groups -OCH3 is 1. The van der Waals surface area contributed by atoms with Crippen LogP contribution in [0, 0.1) is 0 Å². The summed E-state index contributed by atoms with van der Waals surface area (Å²) < 4.78 is 4.98. The van der Waals surface area contributed by atoms with Crippen LogP contribution in [0.25, 0.3) is 0 Å². The lowest BCUT2D eigenvalue weighted by molar-refractivity contribution is -0.137. The minimum absolute atomic E-state index is 0.0584. The van der Waals surface area contributed by atoms with E-state index in [9.17, 15) is 9.59 Å². The molecule has 1 aromatic carbocycles. The summed E-state index contributed by atoms with van der Waals surface area (Å²) in [6, 6.07) is 6.72. The Hall–Kier alpha value is -2.04. The first-order valence-corrected chi connectivity index (χ1v) is 5.27. The second-order valence-electron chi connectivity index (χ2n) is 3.48. The van der Waals surface area contributed by atoms with Crippen molar-refractivity contribution in [2.45, 2.75) is 12.8 Å². The maximum absolute atomic E-state index is 11.6. The minimum atomic E-state index is -0.858. The summed E-state index contributed by atoms with van der Waals surface area (Å²) in [6.45, 7) is 0.358. The van der Waals surface area contributed by atoms with Crippen molar-refractivity contribution in [3.05, 3.63) is 29.8 Å². The Labute approximate surface area is 99.4 Å². The molecular weight excluding hydrogens is 222 g/mol. The number of carbonyl (C=O) groups excluding carboxylic acids is 1. The van der Waals surface area contributed by atoms with Crippen molar-refractivity contribution in [1.82, 2.24) is 5.32 Å². The summed E-state index contributed by atoms with van der Waals surface area (Å²) in [4.78, 5) is 21.8. The van der Waals surface area contributed by atoms with Crippen molar-refractivity contribution in [3.63, 3.8) is 0 Å². The molecule has 1 rings (SSSR count). The van der Waals surface area contributed by atoms with E-state index >= 15 is 0 Å². The number of carboxylic acid groups (broad SMARTS) is 1. The molecule has 0 fully saturated rings. The number of hydrogen-bond acceptors (Lipinski definition) is 3. The number of benzene rings is 1. The molecule has 0 radical (unpaired) electrons. The average molecular weight is 237 g/mol. The SMILES string of the molecule is COc1ccc(C(=O)NCCCC(=O)O)cc1. The van der Waals surface area contributed by atoms with Crippen LogP contribution in [0.1, 0.15) is 23.2 Å². The Balaban J connectivity index is 2.38. The third-order valence-corrected chi connectivity index (χ3v) is 2.21. The van der Waals surface area contributed by atoms with E-state index in [-0.39, 0.29) is 12.3 Å². The molecule has 0 saturated heterocycles. The average Bonchev–Trinajstić information content (AvgIpc) is 2.34. The van der Waals surface area contributed by atoms with Gasteiger partial charge in [-0.3, -0.25) is 9.59 Å². The van der Waals surface area contributed by atoms with E-state index in [0.29, 0.717) is 24.3 Å². The van der Waals surface area contributed by atoms with Crippen LogP contribution in [0.3, 0.4) is 0 Å². The molecule has 0 heterocycles. The lowest BCUT2D eigenvalue weighted by Gasteiger charge is -2.05. The predicted octanol–water partition coefficient (Wildman–Crippen LogP) is 1.29. The van der Waals surface area contributed by atoms with Gasteiger partial charge in [-0.25, -0.2) is 0 Å². The van der Waals surface area contributed by atoms with Crippen LogP contribution < -0.4 is 10.1 Å². The molecule has 0 unspecified atom stereocenters. The van der Waals surface area contributed by atoms with Crippen LogP contribution >= 0.6 is 0 Å². The Morgan fingerprint density at radius 1 is 1.29 bits per heavy atom. The van der Waals surface area contributed by atoms with Gasteiger partial charge in [0.25, 0.3) is 5.91 Å². The van der Waals surface area contributed by atoms with E-state index in [2.05, 4.69) is 5.32 Å². The van der Waals surface area contributed by atoms with Crippen LogP contribution in [-0.4, -0.2) is 30.6 Å². The molecule has 0 aromatic heterocycles. The lowest BCUT2D eigenvalue weighted by Crippen LogP contribution is -2.24. The summed E-state index contributed by atoms with van der Waals surface area (Å²) in [5.74, 6) is -0.380. The van der Waals surface area contributed by atoms with Gasteiger partial charge in [0.1, 0.15) is 5.75 Å². The molecule has 0 aliphatic heterocycles. The zero-order valence-electron chi connectivity index (χ0n) is 9.60. The van der Waals surface area contributed by atoms with Crippen molar-refractivity contribution in [2.24, 2.45) is 0 Å². The normalized spacial score (nSPS) is 9.71. The van der Waals surface area contributed by atoms with Gasteiger partial charge in [0, 0.05) is 18.5 Å². The van der Waals surface area contributed by atoms with Gasteiger partial charge in [-0.1, -0.05) is 0 Å². The van der Waals surface area contributed by atoms with E-state index in [1.165, 1.54) is 0 Å². The van der Waals surface area contributed by atoms with Gasteiger partial charge in [-0.15, -0.1) is 0 Å². The molecule has 1 amide bonds. The Morgan fingerprint density at radius 2 is 1.94 bits per heavy atom. The van der Waals surface area contributed by atoms with E-state index in [4.69, 9.17) is 9.84 Å². The highest BCUT2D eigenvalue weighted by molar-refractivity contribution is 5.94. The van der Waals surface area contributed by atoms with Crippen LogP contribution in [0.4, 0.5) is 0 Å². The van der Waals surface area contributed by atoms with Gasteiger partial charge in [0.15, 0.2) is 0 Å². The smallest absolute Gasteiger partial charge is 0.303 e. The van der Waals surface area contributed by atoms with E-state index in [0.717, 1.165) is 0 Å². The van der Waals surface area contributed by atoms with Crippen LogP contribution in [0.5, 0.6) is 5.75 Å². The molecular formula is C12H15NO4. The number of rotatable bonds is 6. The third kappa shape index (κ3) is 4.55. The zero-order chi connectivity index (χ0) is 12.7. The fourth-order valence-corrected chi connectivity index (χ4v) is 1.29. The maximum atomic E-state index is 11.6. The lowest BCUT2D eigenvalue weighted by atomic mass is 10.2. The van der Waals surface area contributed by atoms with Gasteiger partial charge >= 0.3 is 5.97 Å². The maximum Gasteiger partial charge on any atom is 0.303 e. The first-order chi connectivity index (χ1) is 8.13. The van der Waals surface area contributed by atoms with Gasteiger partial charge in [-0.05, 0) is 30.7 Å². The van der Waals surface area contributed by atoms with Crippen LogP contribution in [0.2, 0.25) is 0 Å². The standard InChI is InChI=1S/C12H15NO4/c1-17-10-6-4-9(5-7-10)12(16)13-8-2-3-11(14)15/h4-7H,2-3,8H2,1H3,(H,13,16)(H,14,15). The first kappa shape index (κ1) is 13.0. The highest BCUT2D eigenvalue weighted by Gasteiger charge is 2.05. The van der Waals surface area contributed by atoms with E-state index in [1.807, 2.05) is 0 Å². The molecule has 17 heavy (non-hydrogen) atoms.